The van der Waals surface area contributed by atoms with Crippen LogP contribution in [-0.4, -0.2) is 53.0 Å². The van der Waals surface area contributed by atoms with Gasteiger partial charge in [-0.25, -0.2) is 4.98 Å². The van der Waals surface area contributed by atoms with E-state index < -0.39 is 4.92 Å². The third kappa shape index (κ3) is 2.49. The van der Waals surface area contributed by atoms with Crippen LogP contribution in [0.1, 0.15) is 5.82 Å². The summed E-state index contributed by atoms with van der Waals surface area (Å²) in [5.41, 5.74) is -0.0971. The molecule has 1 N–H and O–H groups in total. The maximum atomic E-state index is 11.1. The van der Waals surface area contributed by atoms with Crippen molar-refractivity contribution in [3.63, 3.8) is 0 Å². The summed E-state index contributed by atoms with van der Waals surface area (Å²) in [6.07, 6.45) is 0. The van der Waals surface area contributed by atoms with Gasteiger partial charge in [-0.05, 0) is 14.0 Å². The first-order chi connectivity index (χ1) is 8.49. The van der Waals surface area contributed by atoms with Gasteiger partial charge in [-0.2, -0.15) is 0 Å². The lowest BCUT2D eigenvalue weighted by Crippen LogP contribution is -2.45. The lowest BCUT2D eigenvalue weighted by molar-refractivity contribution is -0.385. The Kier molecular flexibility index (Phi) is 3.58. The third-order valence-corrected chi connectivity index (χ3v) is 3.28. The van der Waals surface area contributed by atoms with Crippen molar-refractivity contribution in [3.05, 3.63) is 20.6 Å². The second-order valence-corrected chi connectivity index (χ2v) is 4.76. The van der Waals surface area contributed by atoms with E-state index in [0.29, 0.717) is 11.6 Å². The molecule has 0 aliphatic carbocycles. The number of nitro groups is 1. The number of aromatic nitrogens is 2. The fraction of sp³-hybridized carbons (Fsp3) is 0.600. The smallest absolute Gasteiger partial charge is 0.345 e. The molecule has 1 aliphatic rings. The molecule has 1 aromatic heterocycles. The van der Waals surface area contributed by atoms with Crippen molar-refractivity contribution in [2.45, 2.75) is 6.92 Å². The fourth-order valence-corrected chi connectivity index (χ4v) is 2.30. The van der Waals surface area contributed by atoms with Crippen LogP contribution in [0.3, 0.4) is 0 Å². The highest BCUT2D eigenvalue weighted by atomic mass is 32.1. The quantitative estimate of drug-likeness (QED) is 0.492. The lowest BCUT2D eigenvalue weighted by Gasteiger charge is -2.33. The van der Waals surface area contributed by atoms with Crippen LogP contribution in [0.2, 0.25) is 0 Å². The van der Waals surface area contributed by atoms with Crippen LogP contribution in [0, 0.1) is 21.7 Å². The standard InChI is InChI=1S/C10H15N5O2S/c1-7-11-9(8(15(16)17)10(18)12-7)14-5-3-13(2)4-6-14/h3-6H2,1-2H3,(H,11,12,18). The summed E-state index contributed by atoms with van der Waals surface area (Å²) in [7, 11) is 2.03. The number of aromatic amines is 1. The van der Waals surface area contributed by atoms with Crippen LogP contribution in [0.25, 0.3) is 0 Å². The number of rotatable bonds is 2. The van der Waals surface area contributed by atoms with Crippen molar-refractivity contribution in [2.24, 2.45) is 0 Å². The predicted octanol–water partition coefficient (Wildman–Crippen LogP) is 1.11. The summed E-state index contributed by atoms with van der Waals surface area (Å²) in [4.78, 5) is 21.7. The Labute approximate surface area is 110 Å². The number of aryl methyl sites for hydroxylation is 1. The molecule has 0 saturated carbocycles. The first-order valence-electron chi connectivity index (χ1n) is 5.68. The van der Waals surface area contributed by atoms with Crippen LogP contribution in [0.4, 0.5) is 11.5 Å². The molecule has 2 heterocycles. The molecule has 8 heteroatoms. The van der Waals surface area contributed by atoms with Crippen molar-refractivity contribution in [2.75, 3.05) is 38.1 Å². The number of H-pyrrole nitrogens is 1. The fourth-order valence-electron chi connectivity index (χ4n) is 1.99. The summed E-state index contributed by atoms with van der Waals surface area (Å²) in [5.74, 6) is 1.07. The molecule has 1 aromatic rings. The molecule has 1 saturated heterocycles. The van der Waals surface area contributed by atoms with E-state index in [1.807, 2.05) is 11.9 Å². The molecule has 7 nitrogen and oxygen atoms in total. The van der Waals surface area contributed by atoms with Gasteiger partial charge in [-0.1, -0.05) is 12.2 Å². The summed E-state index contributed by atoms with van der Waals surface area (Å²) in [6, 6.07) is 0. The molecule has 18 heavy (non-hydrogen) atoms. The molecule has 0 atom stereocenters. The molecular formula is C10H15N5O2S. The van der Waals surface area contributed by atoms with E-state index in [2.05, 4.69) is 14.9 Å². The average Bonchev–Trinajstić information content (AvgIpc) is 2.28. The Morgan fingerprint density at radius 3 is 2.56 bits per heavy atom. The van der Waals surface area contributed by atoms with Gasteiger partial charge in [-0.15, -0.1) is 0 Å². The van der Waals surface area contributed by atoms with Gasteiger partial charge >= 0.3 is 5.69 Å². The van der Waals surface area contributed by atoms with E-state index in [1.54, 1.807) is 6.92 Å². The van der Waals surface area contributed by atoms with Crippen LogP contribution < -0.4 is 4.90 Å². The molecule has 0 spiro atoms. The largest absolute Gasteiger partial charge is 0.350 e. The van der Waals surface area contributed by atoms with Gasteiger partial charge in [0.05, 0.1) is 4.92 Å². The van der Waals surface area contributed by atoms with Crippen LogP contribution >= 0.6 is 12.2 Å². The second-order valence-electron chi connectivity index (χ2n) is 4.37. The summed E-state index contributed by atoms with van der Waals surface area (Å²) in [6.45, 7) is 4.98. The number of piperazine rings is 1. The number of anilines is 1. The molecule has 0 amide bonds. The summed E-state index contributed by atoms with van der Waals surface area (Å²) < 4.78 is 0.0465. The molecule has 1 fully saturated rings. The van der Waals surface area contributed by atoms with Crippen molar-refractivity contribution in [3.8, 4) is 0 Å². The van der Waals surface area contributed by atoms with E-state index in [9.17, 15) is 10.1 Å². The molecule has 0 radical (unpaired) electrons. The van der Waals surface area contributed by atoms with Gasteiger partial charge in [-0.3, -0.25) is 10.1 Å². The van der Waals surface area contributed by atoms with E-state index in [-0.39, 0.29) is 10.3 Å². The van der Waals surface area contributed by atoms with Crippen molar-refractivity contribution < 1.29 is 4.92 Å². The van der Waals surface area contributed by atoms with E-state index in [1.165, 1.54) is 0 Å². The normalized spacial score (nSPS) is 16.9. The van der Waals surface area contributed by atoms with Crippen molar-refractivity contribution in [1.29, 1.82) is 0 Å². The topological polar surface area (TPSA) is 78.3 Å². The summed E-state index contributed by atoms with van der Waals surface area (Å²) in [5, 5.41) is 11.1. The van der Waals surface area contributed by atoms with Gasteiger partial charge in [0.15, 0.2) is 5.82 Å². The predicted molar refractivity (Wildman–Crippen MR) is 70.5 cm³/mol. The number of hydrogen-bond donors (Lipinski definition) is 1. The number of nitrogens with zero attached hydrogens (tertiary/aromatic N) is 4. The van der Waals surface area contributed by atoms with Crippen molar-refractivity contribution in [1.82, 2.24) is 14.9 Å². The SMILES string of the molecule is Cc1nc(=S)c([N+](=O)[O-])c(N2CCN(C)CC2)[nH]1. The molecule has 0 bridgehead atoms. The number of nitrogens with one attached hydrogen (secondary N) is 1. The monoisotopic (exact) mass is 269 g/mol. The molecular weight excluding hydrogens is 254 g/mol. The first-order valence-corrected chi connectivity index (χ1v) is 6.08. The minimum atomic E-state index is -0.459. The zero-order valence-electron chi connectivity index (χ0n) is 10.3. The lowest BCUT2D eigenvalue weighted by atomic mass is 10.3. The minimum Gasteiger partial charge on any atom is -0.350 e. The van der Waals surface area contributed by atoms with Crippen LogP contribution in [-0.2, 0) is 0 Å². The number of hydrogen-bond acceptors (Lipinski definition) is 6. The second kappa shape index (κ2) is 4.99. The van der Waals surface area contributed by atoms with Gasteiger partial charge < -0.3 is 14.8 Å². The highest BCUT2D eigenvalue weighted by Gasteiger charge is 2.25. The van der Waals surface area contributed by atoms with Crippen LogP contribution in [0.5, 0.6) is 0 Å². The van der Waals surface area contributed by atoms with E-state index >= 15 is 0 Å². The first kappa shape index (κ1) is 12.9. The molecule has 0 aromatic carbocycles. The minimum absolute atomic E-state index is 0.0465. The molecule has 1 aliphatic heterocycles. The molecule has 98 valence electrons. The number of likely N-dealkylation sites (N-methyl/N-ethyl adjacent to an activating group) is 1. The van der Waals surface area contributed by atoms with Gasteiger partial charge in [0, 0.05) is 26.2 Å². The third-order valence-electron chi connectivity index (χ3n) is 3.00. The Balaban J connectivity index is 2.43. The van der Waals surface area contributed by atoms with Crippen LogP contribution in [0.15, 0.2) is 0 Å². The Morgan fingerprint density at radius 2 is 2.00 bits per heavy atom. The maximum absolute atomic E-state index is 11.1. The summed E-state index contributed by atoms with van der Waals surface area (Å²) >= 11 is 4.99. The zero-order valence-corrected chi connectivity index (χ0v) is 11.2. The van der Waals surface area contributed by atoms with E-state index in [0.717, 1.165) is 26.2 Å². The molecule has 2 rings (SSSR count). The van der Waals surface area contributed by atoms with Crippen molar-refractivity contribution >= 4 is 23.7 Å². The highest BCUT2D eigenvalue weighted by Crippen LogP contribution is 2.27. The Morgan fingerprint density at radius 1 is 1.39 bits per heavy atom. The van der Waals surface area contributed by atoms with E-state index in [4.69, 9.17) is 12.2 Å². The zero-order chi connectivity index (χ0) is 13.3. The Bertz CT molecular complexity index is 521. The molecule has 0 unspecified atom stereocenters. The van der Waals surface area contributed by atoms with Gasteiger partial charge in [0.25, 0.3) is 0 Å². The average molecular weight is 269 g/mol. The highest BCUT2D eigenvalue weighted by molar-refractivity contribution is 7.71. The van der Waals surface area contributed by atoms with Gasteiger partial charge in [0.1, 0.15) is 5.82 Å². The maximum Gasteiger partial charge on any atom is 0.345 e. The Hall–Kier alpha value is -1.54. The van der Waals surface area contributed by atoms with Gasteiger partial charge in [0.2, 0.25) is 4.64 Å².